The smallest absolute Gasteiger partial charge is 0.314 e. The highest BCUT2D eigenvalue weighted by Gasteiger charge is 2.05. The van der Waals surface area contributed by atoms with E-state index < -0.39 is 12.0 Å². The van der Waals surface area contributed by atoms with Crippen LogP contribution in [0, 0.1) is 0 Å². The van der Waals surface area contributed by atoms with Crippen molar-refractivity contribution in [2.45, 2.75) is 12.8 Å². The molecule has 0 aliphatic rings. The molecular formula is C14H18ClN3O4. The third-order valence-electron chi connectivity index (χ3n) is 2.66. The average molecular weight is 328 g/mol. The predicted molar refractivity (Wildman–Crippen MR) is 82.1 cm³/mol. The molecule has 0 saturated heterocycles. The number of nitrogens with one attached hydrogen (secondary N) is 3. The molecule has 4 N–H and O–H groups in total. The van der Waals surface area contributed by atoms with Gasteiger partial charge in [-0.1, -0.05) is 11.6 Å². The molecule has 0 heterocycles. The number of carbonyl (C=O) groups excluding carboxylic acids is 2. The Hall–Kier alpha value is -2.28. The first-order valence-electron chi connectivity index (χ1n) is 6.76. The van der Waals surface area contributed by atoms with Crippen LogP contribution in [0.3, 0.4) is 0 Å². The minimum absolute atomic E-state index is 0.0113. The van der Waals surface area contributed by atoms with Crippen LogP contribution in [-0.2, 0) is 4.79 Å². The minimum Gasteiger partial charge on any atom is -0.481 e. The Bertz CT molecular complexity index is 519. The fourth-order valence-corrected chi connectivity index (χ4v) is 1.69. The first-order chi connectivity index (χ1) is 10.5. The summed E-state index contributed by atoms with van der Waals surface area (Å²) in [6.07, 6.45) is 0.382. The molecule has 7 nitrogen and oxygen atoms in total. The summed E-state index contributed by atoms with van der Waals surface area (Å²) in [5, 5.41) is 16.7. The molecular weight excluding hydrogens is 310 g/mol. The molecule has 1 aromatic carbocycles. The average Bonchev–Trinajstić information content (AvgIpc) is 2.48. The number of urea groups is 1. The van der Waals surface area contributed by atoms with E-state index in [1.165, 1.54) is 0 Å². The summed E-state index contributed by atoms with van der Waals surface area (Å²) in [4.78, 5) is 33.4. The number of amides is 3. The maximum atomic E-state index is 11.7. The van der Waals surface area contributed by atoms with E-state index in [1.807, 2.05) is 0 Å². The van der Waals surface area contributed by atoms with Gasteiger partial charge in [0.1, 0.15) is 0 Å². The van der Waals surface area contributed by atoms with Crippen LogP contribution in [0.2, 0.25) is 5.02 Å². The summed E-state index contributed by atoms with van der Waals surface area (Å²) in [5.74, 6) is -1.15. The van der Waals surface area contributed by atoms with Crippen molar-refractivity contribution >= 4 is 29.5 Å². The SMILES string of the molecule is O=C(O)CCCNC(=O)NCCNC(=O)c1ccc(Cl)cc1. The van der Waals surface area contributed by atoms with Gasteiger partial charge in [0.05, 0.1) is 0 Å². The topological polar surface area (TPSA) is 108 Å². The first-order valence-corrected chi connectivity index (χ1v) is 7.14. The van der Waals surface area contributed by atoms with Gasteiger partial charge < -0.3 is 21.1 Å². The summed E-state index contributed by atoms with van der Waals surface area (Å²) in [6, 6.07) is 6.07. The van der Waals surface area contributed by atoms with Crippen LogP contribution in [0.15, 0.2) is 24.3 Å². The normalized spacial score (nSPS) is 9.86. The van der Waals surface area contributed by atoms with Gasteiger partial charge in [0.25, 0.3) is 5.91 Å². The van der Waals surface area contributed by atoms with E-state index in [1.54, 1.807) is 24.3 Å². The number of halogens is 1. The summed E-state index contributed by atoms with van der Waals surface area (Å²) in [7, 11) is 0. The lowest BCUT2D eigenvalue weighted by atomic mass is 10.2. The number of carbonyl (C=O) groups is 3. The molecule has 0 fully saturated rings. The predicted octanol–water partition coefficient (Wildman–Crippen LogP) is 1.23. The number of rotatable bonds is 8. The summed E-state index contributed by atoms with van der Waals surface area (Å²) >= 11 is 5.73. The minimum atomic E-state index is -0.896. The van der Waals surface area contributed by atoms with Crippen molar-refractivity contribution in [2.24, 2.45) is 0 Å². The molecule has 3 amide bonds. The zero-order valence-electron chi connectivity index (χ0n) is 11.9. The number of aliphatic carboxylic acids is 1. The maximum Gasteiger partial charge on any atom is 0.314 e. The molecule has 0 radical (unpaired) electrons. The Morgan fingerprint density at radius 2 is 1.55 bits per heavy atom. The van der Waals surface area contributed by atoms with Crippen molar-refractivity contribution < 1.29 is 19.5 Å². The molecule has 0 atom stereocenters. The van der Waals surface area contributed by atoms with Crippen molar-refractivity contribution in [3.8, 4) is 0 Å². The quantitative estimate of drug-likeness (QED) is 0.539. The first kappa shape index (κ1) is 17.8. The molecule has 8 heteroatoms. The van der Waals surface area contributed by atoms with Crippen molar-refractivity contribution in [2.75, 3.05) is 19.6 Å². The van der Waals surface area contributed by atoms with Gasteiger partial charge >= 0.3 is 12.0 Å². The van der Waals surface area contributed by atoms with E-state index in [0.717, 1.165) is 0 Å². The van der Waals surface area contributed by atoms with E-state index in [4.69, 9.17) is 16.7 Å². The van der Waals surface area contributed by atoms with E-state index in [9.17, 15) is 14.4 Å². The molecule has 1 rings (SSSR count). The van der Waals surface area contributed by atoms with Crippen molar-refractivity contribution in [3.05, 3.63) is 34.9 Å². The van der Waals surface area contributed by atoms with Crippen LogP contribution in [0.4, 0.5) is 4.79 Å². The Kier molecular flexibility index (Phi) is 7.77. The lowest BCUT2D eigenvalue weighted by Gasteiger charge is -2.08. The second kappa shape index (κ2) is 9.62. The van der Waals surface area contributed by atoms with Gasteiger partial charge in [-0.2, -0.15) is 0 Å². The highest BCUT2D eigenvalue weighted by molar-refractivity contribution is 6.30. The van der Waals surface area contributed by atoms with Crippen molar-refractivity contribution in [1.29, 1.82) is 0 Å². The van der Waals surface area contributed by atoms with Crippen LogP contribution in [-0.4, -0.2) is 42.6 Å². The fraction of sp³-hybridized carbons (Fsp3) is 0.357. The molecule has 0 unspecified atom stereocenters. The second-order valence-electron chi connectivity index (χ2n) is 4.44. The number of hydrogen-bond donors (Lipinski definition) is 4. The summed E-state index contributed by atoms with van der Waals surface area (Å²) in [5.41, 5.74) is 0.488. The molecule has 120 valence electrons. The Morgan fingerprint density at radius 1 is 0.955 bits per heavy atom. The van der Waals surface area contributed by atoms with Gasteiger partial charge in [0, 0.05) is 36.6 Å². The standard InChI is InChI=1S/C14H18ClN3O4/c15-11-5-3-10(4-6-11)13(21)16-8-9-18-14(22)17-7-1-2-12(19)20/h3-6H,1-2,7-9H2,(H,16,21)(H,19,20)(H2,17,18,22). The van der Waals surface area contributed by atoms with Gasteiger partial charge in [-0.15, -0.1) is 0 Å². The van der Waals surface area contributed by atoms with Gasteiger partial charge in [-0.25, -0.2) is 4.79 Å². The van der Waals surface area contributed by atoms with Crippen molar-refractivity contribution in [3.63, 3.8) is 0 Å². The Morgan fingerprint density at radius 3 is 2.18 bits per heavy atom. The van der Waals surface area contributed by atoms with Crippen LogP contribution in [0.1, 0.15) is 23.2 Å². The van der Waals surface area contributed by atoms with Gasteiger partial charge in [0.2, 0.25) is 0 Å². The molecule has 0 aromatic heterocycles. The largest absolute Gasteiger partial charge is 0.481 e. The molecule has 0 aliphatic heterocycles. The number of carboxylic acids is 1. The van der Waals surface area contributed by atoms with Gasteiger partial charge in [-0.3, -0.25) is 9.59 Å². The highest BCUT2D eigenvalue weighted by atomic mass is 35.5. The van der Waals surface area contributed by atoms with E-state index in [-0.39, 0.29) is 32.0 Å². The fourth-order valence-electron chi connectivity index (χ4n) is 1.56. The third-order valence-corrected chi connectivity index (χ3v) is 2.91. The molecule has 0 saturated carbocycles. The lowest BCUT2D eigenvalue weighted by Crippen LogP contribution is -2.40. The van der Waals surface area contributed by atoms with E-state index >= 15 is 0 Å². The monoisotopic (exact) mass is 327 g/mol. The summed E-state index contributed by atoms with van der Waals surface area (Å²) in [6.45, 7) is 0.837. The van der Waals surface area contributed by atoms with Gasteiger partial charge in [0.15, 0.2) is 0 Å². The number of benzene rings is 1. The molecule has 1 aromatic rings. The third kappa shape index (κ3) is 7.49. The highest BCUT2D eigenvalue weighted by Crippen LogP contribution is 2.08. The molecule has 0 aliphatic carbocycles. The van der Waals surface area contributed by atoms with E-state index in [0.29, 0.717) is 17.0 Å². The number of carboxylic acid groups (broad SMARTS) is 1. The zero-order chi connectivity index (χ0) is 16.4. The second-order valence-corrected chi connectivity index (χ2v) is 4.88. The van der Waals surface area contributed by atoms with Crippen LogP contribution in [0.25, 0.3) is 0 Å². The van der Waals surface area contributed by atoms with Crippen molar-refractivity contribution in [1.82, 2.24) is 16.0 Å². The zero-order valence-corrected chi connectivity index (χ0v) is 12.7. The molecule has 0 bridgehead atoms. The number of hydrogen-bond acceptors (Lipinski definition) is 3. The summed E-state index contributed by atoms with van der Waals surface area (Å²) < 4.78 is 0. The molecule has 0 spiro atoms. The molecule has 22 heavy (non-hydrogen) atoms. The Labute approximate surface area is 133 Å². The Balaban J connectivity index is 2.11. The van der Waals surface area contributed by atoms with Crippen LogP contribution >= 0.6 is 11.6 Å². The van der Waals surface area contributed by atoms with Gasteiger partial charge in [-0.05, 0) is 30.7 Å². The van der Waals surface area contributed by atoms with E-state index in [2.05, 4.69) is 16.0 Å². The van der Waals surface area contributed by atoms with Crippen LogP contribution in [0.5, 0.6) is 0 Å². The van der Waals surface area contributed by atoms with Crippen LogP contribution < -0.4 is 16.0 Å². The lowest BCUT2D eigenvalue weighted by molar-refractivity contribution is -0.137. The maximum absolute atomic E-state index is 11.7.